The lowest BCUT2D eigenvalue weighted by atomic mass is 10.1. The van der Waals surface area contributed by atoms with Crippen molar-refractivity contribution in [1.82, 2.24) is 0 Å². The first kappa shape index (κ1) is 12.2. The summed E-state index contributed by atoms with van der Waals surface area (Å²) in [5.41, 5.74) is 2.62. The molecule has 2 aromatic carbocycles. The van der Waals surface area contributed by atoms with Crippen LogP contribution in [0, 0.1) is 6.92 Å². The van der Waals surface area contributed by atoms with Gasteiger partial charge in [-0.1, -0.05) is 11.6 Å². The van der Waals surface area contributed by atoms with Crippen LogP contribution in [0.15, 0.2) is 47.5 Å². The minimum Gasteiger partial charge on any atom is -0.507 e. The highest BCUT2D eigenvalue weighted by Gasteiger charge is 1.98. The van der Waals surface area contributed by atoms with E-state index in [1.165, 1.54) is 0 Å². The normalized spacial score (nSPS) is 10.8. The summed E-state index contributed by atoms with van der Waals surface area (Å²) in [5, 5.41) is 9.68. The summed E-state index contributed by atoms with van der Waals surface area (Å²) in [6, 6.07) is 12.9. The highest BCUT2D eigenvalue weighted by molar-refractivity contribution is 5.85. The quantitative estimate of drug-likeness (QED) is 0.836. The first-order valence-electron chi connectivity index (χ1n) is 5.67. The number of ether oxygens (including phenoxy) is 1. The molecule has 0 spiro atoms. The van der Waals surface area contributed by atoms with E-state index in [0.717, 1.165) is 17.0 Å². The minimum atomic E-state index is 0.234. The zero-order valence-electron chi connectivity index (χ0n) is 10.4. The molecule has 0 radical (unpaired) electrons. The van der Waals surface area contributed by atoms with E-state index in [1.807, 2.05) is 43.3 Å². The van der Waals surface area contributed by atoms with E-state index >= 15 is 0 Å². The van der Waals surface area contributed by atoms with E-state index < -0.39 is 0 Å². The molecule has 0 aromatic heterocycles. The summed E-state index contributed by atoms with van der Waals surface area (Å²) < 4.78 is 5.07. The number of benzene rings is 2. The molecule has 1 N–H and O–H groups in total. The fourth-order valence-corrected chi connectivity index (χ4v) is 1.59. The number of phenolic OH excluding ortho intramolecular Hbond substituents is 1. The third kappa shape index (κ3) is 2.88. The average Bonchev–Trinajstić information content (AvgIpc) is 2.40. The maximum Gasteiger partial charge on any atom is 0.124 e. The van der Waals surface area contributed by atoms with Gasteiger partial charge in [-0.2, -0.15) is 0 Å². The third-order valence-electron chi connectivity index (χ3n) is 2.61. The number of aliphatic imine (C=N–C) groups is 1. The number of hydrogen-bond donors (Lipinski definition) is 1. The Labute approximate surface area is 106 Å². The molecule has 0 bridgehead atoms. The van der Waals surface area contributed by atoms with Gasteiger partial charge in [-0.25, -0.2) is 0 Å². The first-order chi connectivity index (χ1) is 8.69. The van der Waals surface area contributed by atoms with Gasteiger partial charge in [0.05, 0.1) is 12.8 Å². The van der Waals surface area contributed by atoms with Crippen LogP contribution in [0.4, 0.5) is 5.69 Å². The lowest BCUT2D eigenvalue weighted by molar-refractivity contribution is 0.415. The summed E-state index contributed by atoms with van der Waals surface area (Å²) in [6.07, 6.45) is 1.66. The van der Waals surface area contributed by atoms with Crippen LogP contribution in [0.2, 0.25) is 0 Å². The number of hydrogen-bond acceptors (Lipinski definition) is 3. The SMILES string of the molecule is COc1ccc(/N=C/c2cc(C)ccc2O)cc1. The molecule has 2 aromatic rings. The van der Waals surface area contributed by atoms with Crippen LogP contribution >= 0.6 is 0 Å². The van der Waals surface area contributed by atoms with Gasteiger partial charge < -0.3 is 9.84 Å². The molecule has 0 aliphatic rings. The maximum absolute atomic E-state index is 9.68. The van der Waals surface area contributed by atoms with Crippen molar-refractivity contribution in [1.29, 1.82) is 0 Å². The zero-order valence-corrected chi connectivity index (χ0v) is 10.4. The van der Waals surface area contributed by atoms with Crippen molar-refractivity contribution < 1.29 is 9.84 Å². The van der Waals surface area contributed by atoms with E-state index in [1.54, 1.807) is 19.4 Å². The second-order valence-electron chi connectivity index (χ2n) is 4.02. The average molecular weight is 241 g/mol. The Hall–Kier alpha value is -2.29. The lowest BCUT2D eigenvalue weighted by Gasteiger charge is -2.01. The second-order valence-corrected chi connectivity index (χ2v) is 4.02. The summed E-state index contributed by atoms with van der Waals surface area (Å²) in [6.45, 7) is 1.98. The molecule has 0 heterocycles. The third-order valence-corrected chi connectivity index (χ3v) is 2.61. The molecule has 0 saturated heterocycles. The Kier molecular flexibility index (Phi) is 3.63. The summed E-state index contributed by atoms with van der Waals surface area (Å²) in [4.78, 5) is 4.31. The monoisotopic (exact) mass is 241 g/mol. The van der Waals surface area contributed by atoms with Crippen LogP contribution in [0.1, 0.15) is 11.1 Å². The maximum atomic E-state index is 9.68. The zero-order chi connectivity index (χ0) is 13.0. The van der Waals surface area contributed by atoms with Gasteiger partial charge in [0.1, 0.15) is 11.5 Å². The smallest absolute Gasteiger partial charge is 0.124 e. The van der Waals surface area contributed by atoms with Crippen molar-refractivity contribution in [2.75, 3.05) is 7.11 Å². The van der Waals surface area contributed by atoms with Crippen LogP contribution < -0.4 is 4.74 Å². The molecule has 0 unspecified atom stereocenters. The van der Waals surface area contributed by atoms with E-state index in [4.69, 9.17) is 4.74 Å². The summed E-state index contributed by atoms with van der Waals surface area (Å²) >= 11 is 0. The van der Waals surface area contributed by atoms with E-state index in [2.05, 4.69) is 4.99 Å². The van der Waals surface area contributed by atoms with Crippen LogP contribution in [0.5, 0.6) is 11.5 Å². The Balaban J connectivity index is 2.21. The van der Waals surface area contributed by atoms with Crippen molar-refractivity contribution in [2.24, 2.45) is 4.99 Å². The Bertz CT molecular complexity index is 559. The van der Waals surface area contributed by atoms with Crippen LogP contribution in [0.25, 0.3) is 0 Å². The molecular weight excluding hydrogens is 226 g/mol. The number of aromatic hydroxyl groups is 1. The van der Waals surface area contributed by atoms with Gasteiger partial charge >= 0.3 is 0 Å². The number of rotatable bonds is 3. The van der Waals surface area contributed by atoms with E-state index in [-0.39, 0.29) is 5.75 Å². The van der Waals surface area contributed by atoms with Crippen LogP contribution in [-0.4, -0.2) is 18.4 Å². The van der Waals surface area contributed by atoms with Crippen molar-refractivity contribution in [3.63, 3.8) is 0 Å². The number of aryl methyl sites for hydroxylation is 1. The molecule has 0 saturated carbocycles. The largest absolute Gasteiger partial charge is 0.507 e. The number of methoxy groups -OCH3 is 1. The molecule has 3 heteroatoms. The predicted octanol–water partition coefficient (Wildman–Crippen LogP) is 3.46. The summed E-state index contributed by atoms with van der Waals surface area (Å²) in [5.74, 6) is 1.03. The molecule has 0 aliphatic carbocycles. The van der Waals surface area contributed by atoms with Crippen molar-refractivity contribution in [2.45, 2.75) is 6.92 Å². The van der Waals surface area contributed by atoms with Crippen molar-refractivity contribution in [3.8, 4) is 11.5 Å². The topological polar surface area (TPSA) is 41.8 Å². The number of nitrogens with zero attached hydrogens (tertiary/aromatic N) is 1. The molecule has 18 heavy (non-hydrogen) atoms. The minimum absolute atomic E-state index is 0.234. The van der Waals surface area contributed by atoms with Crippen LogP contribution in [0.3, 0.4) is 0 Å². The van der Waals surface area contributed by atoms with E-state index in [9.17, 15) is 5.11 Å². The van der Waals surface area contributed by atoms with Gasteiger partial charge in [-0.3, -0.25) is 4.99 Å². The molecular formula is C15H15NO2. The van der Waals surface area contributed by atoms with Crippen molar-refractivity contribution in [3.05, 3.63) is 53.6 Å². The molecule has 0 aliphatic heterocycles. The molecule has 3 nitrogen and oxygen atoms in total. The molecule has 0 amide bonds. The Morgan fingerprint density at radius 1 is 1.11 bits per heavy atom. The molecule has 2 rings (SSSR count). The van der Waals surface area contributed by atoms with Gasteiger partial charge in [0.25, 0.3) is 0 Å². The van der Waals surface area contributed by atoms with Gasteiger partial charge in [0, 0.05) is 11.8 Å². The van der Waals surface area contributed by atoms with Gasteiger partial charge in [-0.05, 0) is 43.3 Å². The lowest BCUT2D eigenvalue weighted by Crippen LogP contribution is -1.84. The van der Waals surface area contributed by atoms with Gasteiger partial charge in [0.15, 0.2) is 0 Å². The van der Waals surface area contributed by atoms with E-state index in [0.29, 0.717) is 5.56 Å². The summed E-state index contributed by atoms with van der Waals surface area (Å²) in [7, 11) is 1.63. The van der Waals surface area contributed by atoms with Crippen molar-refractivity contribution >= 4 is 11.9 Å². The molecule has 0 atom stereocenters. The predicted molar refractivity (Wildman–Crippen MR) is 73.1 cm³/mol. The Morgan fingerprint density at radius 2 is 1.83 bits per heavy atom. The Morgan fingerprint density at radius 3 is 2.50 bits per heavy atom. The first-order valence-corrected chi connectivity index (χ1v) is 5.67. The highest BCUT2D eigenvalue weighted by Crippen LogP contribution is 2.20. The van der Waals surface area contributed by atoms with Crippen LogP contribution in [-0.2, 0) is 0 Å². The number of phenols is 1. The fourth-order valence-electron chi connectivity index (χ4n) is 1.59. The van der Waals surface area contributed by atoms with Gasteiger partial charge in [-0.15, -0.1) is 0 Å². The highest BCUT2D eigenvalue weighted by atomic mass is 16.5. The molecule has 92 valence electrons. The van der Waals surface area contributed by atoms with Gasteiger partial charge in [0.2, 0.25) is 0 Å². The standard InChI is InChI=1S/C15H15NO2/c1-11-3-8-15(17)12(9-11)10-16-13-4-6-14(18-2)7-5-13/h3-10,17H,1-2H3/b16-10+. The fraction of sp³-hybridized carbons (Fsp3) is 0.133. The second kappa shape index (κ2) is 5.36. The molecule has 0 fully saturated rings.